The summed E-state index contributed by atoms with van der Waals surface area (Å²) in [6, 6.07) is 6.50. The van der Waals surface area contributed by atoms with Crippen LogP contribution in [0.1, 0.15) is 31.7 Å². The Hall–Kier alpha value is -1.55. The molecule has 1 N–H and O–H groups in total. The van der Waals surface area contributed by atoms with Crippen molar-refractivity contribution in [3.05, 3.63) is 42.1 Å². The summed E-state index contributed by atoms with van der Waals surface area (Å²) < 4.78 is 7.35. The molecule has 98 valence electrons. The monoisotopic (exact) mass is 247 g/mol. The van der Waals surface area contributed by atoms with Gasteiger partial charge in [0.2, 0.25) is 0 Å². The van der Waals surface area contributed by atoms with Crippen LogP contribution in [0.25, 0.3) is 0 Å². The second-order valence-electron chi connectivity index (χ2n) is 4.54. The number of aromatic nitrogens is 2. The number of furan rings is 1. The van der Waals surface area contributed by atoms with E-state index in [-0.39, 0.29) is 0 Å². The lowest BCUT2D eigenvalue weighted by atomic mass is 10.1. The number of hydrogen-bond acceptors (Lipinski definition) is 3. The van der Waals surface area contributed by atoms with Crippen molar-refractivity contribution < 1.29 is 4.42 Å². The molecule has 0 bridgehead atoms. The van der Waals surface area contributed by atoms with Crippen molar-refractivity contribution in [2.24, 2.45) is 0 Å². The molecule has 0 saturated heterocycles. The van der Waals surface area contributed by atoms with E-state index in [1.54, 1.807) is 6.26 Å². The topological polar surface area (TPSA) is 43.0 Å². The van der Waals surface area contributed by atoms with Crippen LogP contribution in [0.5, 0.6) is 0 Å². The molecule has 2 aromatic heterocycles. The minimum Gasteiger partial charge on any atom is -0.469 e. The van der Waals surface area contributed by atoms with Crippen molar-refractivity contribution in [3.63, 3.8) is 0 Å². The van der Waals surface area contributed by atoms with Gasteiger partial charge in [0.25, 0.3) is 0 Å². The third kappa shape index (κ3) is 3.47. The highest BCUT2D eigenvalue weighted by Gasteiger charge is 2.06. The number of aryl methyl sites for hydroxylation is 2. The summed E-state index contributed by atoms with van der Waals surface area (Å²) >= 11 is 0. The third-order valence-electron chi connectivity index (χ3n) is 3.14. The molecular weight excluding hydrogens is 226 g/mol. The highest BCUT2D eigenvalue weighted by Crippen LogP contribution is 2.06. The summed E-state index contributed by atoms with van der Waals surface area (Å²) in [7, 11) is 0. The van der Waals surface area contributed by atoms with Crippen molar-refractivity contribution in [3.8, 4) is 0 Å². The molecule has 0 saturated carbocycles. The first-order valence-electron chi connectivity index (χ1n) is 6.56. The minimum atomic E-state index is 0.468. The Morgan fingerprint density at radius 3 is 3.06 bits per heavy atom. The first kappa shape index (κ1) is 12.9. The van der Waals surface area contributed by atoms with Gasteiger partial charge >= 0.3 is 0 Å². The van der Waals surface area contributed by atoms with Crippen LogP contribution in [0.4, 0.5) is 0 Å². The predicted octanol–water partition coefficient (Wildman–Crippen LogP) is 2.61. The normalized spacial score (nSPS) is 12.8. The smallest absolute Gasteiger partial charge is 0.103 e. The van der Waals surface area contributed by atoms with Gasteiger partial charge in [-0.3, -0.25) is 4.68 Å². The van der Waals surface area contributed by atoms with Gasteiger partial charge in [-0.25, -0.2) is 0 Å². The number of nitrogens with one attached hydrogen (secondary N) is 1. The van der Waals surface area contributed by atoms with E-state index in [2.05, 4.69) is 30.3 Å². The summed E-state index contributed by atoms with van der Waals surface area (Å²) in [5, 5.41) is 7.78. The largest absolute Gasteiger partial charge is 0.469 e. The van der Waals surface area contributed by atoms with Gasteiger partial charge in [0.1, 0.15) is 5.76 Å². The lowest BCUT2D eigenvalue weighted by molar-refractivity contribution is 0.453. The predicted molar refractivity (Wildman–Crippen MR) is 71.2 cm³/mol. The van der Waals surface area contributed by atoms with E-state index in [0.29, 0.717) is 6.04 Å². The average molecular weight is 247 g/mol. The molecule has 0 aliphatic rings. The highest BCUT2D eigenvalue weighted by molar-refractivity contribution is 5.01. The molecule has 2 rings (SSSR count). The lowest BCUT2D eigenvalue weighted by Gasteiger charge is -2.13. The Labute approximate surface area is 108 Å². The van der Waals surface area contributed by atoms with E-state index < -0.39 is 0 Å². The highest BCUT2D eigenvalue weighted by atomic mass is 16.3. The maximum Gasteiger partial charge on any atom is 0.103 e. The van der Waals surface area contributed by atoms with E-state index in [9.17, 15) is 0 Å². The van der Waals surface area contributed by atoms with Crippen LogP contribution < -0.4 is 5.32 Å². The van der Waals surface area contributed by atoms with Crippen molar-refractivity contribution in [2.45, 2.75) is 45.8 Å². The van der Waals surface area contributed by atoms with Gasteiger partial charge in [0.15, 0.2) is 0 Å². The molecular formula is C14H21N3O. The van der Waals surface area contributed by atoms with Crippen LogP contribution in [0, 0.1) is 0 Å². The average Bonchev–Trinajstić information content (AvgIpc) is 3.04. The van der Waals surface area contributed by atoms with E-state index in [1.165, 1.54) is 5.69 Å². The van der Waals surface area contributed by atoms with Crippen LogP contribution in [0.3, 0.4) is 0 Å². The lowest BCUT2D eigenvalue weighted by Crippen LogP contribution is -2.27. The van der Waals surface area contributed by atoms with Crippen LogP contribution in [0.15, 0.2) is 35.1 Å². The van der Waals surface area contributed by atoms with Crippen molar-refractivity contribution in [2.75, 3.05) is 0 Å². The molecule has 0 aromatic carbocycles. The molecule has 4 nitrogen and oxygen atoms in total. The Morgan fingerprint density at radius 1 is 1.44 bits per heavy atom. The maximum absolute atomic E-state index is 5.33. The summed E-state index contributed by atoms with van der Waals surface area (Å²) in [4.78, 5) is 0. The van der Waals surface area contributed by atoms with Crippen LogP contribution in [0.2, 0.25) is 0 Å². The summed E-state index contributed by atoms with van der Waals surface area (Å²) in [6.45, 7) is 6.10. The SMILES string of the molecule is CCn1nccc1CNC(C)CCc1ccco1. The van der Waals surface area contributed by atoms with Crippen LogP contribution >= 0.6 is 0 Å². The van der Waals surface area contributed by atoms with Gasteiger partial charge in [-0.1, -0.05) is 0 Å². The summed E-state index contributed by atoms with van der Waals surface area (Å²) in [6.07, 6.45) is 5.64. The molecule has 2 aromatic rings. The first-order chi connectivity index (χ1) is 8.79. The molecule has 0 spiro atoms. The minimum absolute atomic E-state index is 0.468. The van der Waals surface area contributed by atoms with Crippen LogP contribution in [-0.2, 0) is 19.5 Å². The van der Waals surface area contributed by atoms with E-state index >= 15 is 0 Å². The number of hydrogen-bond donors (Lipinski definition) is 1. The zero-order valence-electron chi connectivity index (χ0n) is 11.1. The molecule has 0 aliphatic carbocycles. The standard InChI is InChI=1S/C14H21N3O/c1-3-17-13(8-9-16-17)11-15-12(2)6-7-14-5-4-10-18-14/h4-5,8-10,12,15H,3,6-7,11H2,1-2H3. The van der Waals surface area contributed by atoms with Gasteiger partial charge in [-0.05, 0) is 38.5 Å². The summed E-state index contributed by atoms with van der Waals surface area (Å²) in [5.41, 5.74) is 1.24. The fourth-order valence-electron chi connectivity index (χ4n) is 1.99. The quantitative estimate of drug-likeness (QED) is 0.818. The van der Waals surface area contributed by atoms with E-state index in [1.807, 2.05) is 23.0 Å². The molecule has 4 heteroatoms. The second kappa shape index (κ2) is 6.40. The second-order valence-corrected chi connectivity index (χ2v) is 4.54. The Balaban J connectivity index is 1.73. The Bertz CT molecular complexity index is 447. The van der Waals surface area contributed by atoms with Crippen molar-refractivity contribution in [1.29, 1.82) is 0 Å². The van der Waals surface area contributed by atoms with Gasteiger partial charge in [-0.2, -0.15) is 5.10 Å². The maximum atomic E-state index is 5.33. The molecule has 0 fully saturated rings. The molecule has 0 amide bonds. The zero-order valence-corrected chi connectivity index (χ0v) is 11.1. The zero-order chi connectivity index (χ0) is 12.8. The fourth-order valence-corrected chi connectivity index (χ4v) is 1.99. The Morgan fingerprint density at radius 2 is 2.33 bits per heavy atom. The van der Waals surface area contributed by atoms with Crippen LogP contribution in [-0.4, -0.2) is 15.8 Å². The molecule has 1 unspecified atom stereocenters. The Kier molecular flexibility index (Phi) is 4.59. The number of nitrogens with zero attached hydrogens (tertiary/aromatic N) is 2. The third-order valence-corrected chi connectivity index (χ3v) is 3.14. The number of rotatable bonds is 7. The summed E-state index contributed by atoms with van der Waals surface area (Å²) in [5.74, 6) is 1.06. The van der Waals surface area contributed by atoms with Gasteiger partial charge in [0, 0.05) is 31.7 Å². The van der Waals surface area contributed by atoms with Crippen molar-refractivity contribution in [1.82, 2.24) is 15.1 Å². The molecule has 1 atom stereocenters. The molecule has 18 heavy (non-hydrogen) atoms. The van der Waals surface area contributed by atoms with E-state index in [0.717, 1.165) is 31.7 Å². The van der Waals surface area contributed by atoms with Crippen molar-refractivity contribution >= 4 is 0 Å². The van der Waals surface area contributed by atoms with Gasteiger partial charge in [-0.15, -0.1) is 0 Å². The van der Waals surface area contributed by atoms with E-state index in [4.69, 9.17) is 4.42 Å². The first-order valence-corrected chi connectivity index (χ1v) is 6.56. The molecule has 0 radical (unpaired) electrons. The molecule has 2 heterocycles. The van der Waals surface area contributed by atoms with Gasteiger partial charge < -0.3 is 9.73 Å². The van der Waals surface area contributed by atoms with Gasteiger partial charge in [0.05, 0.1) is 12.0 Å². The fraction of sp³-hybridized carbons (Fsp3) is 0.500. The molecule has 0 aliphatic heterocycles.